The number of hydrogen-bond acceptors (Lipinski definition) is 2. The molecule has 0 N–H and O–H groups in total. The van der Waals surface area contributed by atoms with E-state index in [1.54, 1.807) is 0 Å². The van der Waals surface area contributed by atoms with Crippen LogP contribution in [0.4, 0.5) is 4.79 Å². The summed E-state index contributed by atoms with van der Waals surface area (Å²) in [6.07, 6.45) is 2.02. The van der Waals surface area contributed by atoms with E-state index < -0.39 is 0 Å². The van der Waals surface area contributed by atoms with Gasteiger partial charge in [0.15, 0.2) is 0 Å². The summed E-state index contributed by atoms with van der Waals surface area (Å²) in [4.78, 5) is 13.6. The van der Waals surface area contributed by atoms with Gasteiger partial charge in [0.25, 0.3) is 0 Å². The van der Waals surface area contributed by atoms with E-state index in [1.807, 2.05) is 4.90 Å². The Morgan fingerprint density at radius 2 is 1.79 bits per heavy atom. The molecule has 1 aromatic rings. The molecule has 3 nitrogen and oxygen atoms in total. The number of hydrogen-bond donors (Lipinski definition) is 0. The molecule has 1 amide bonds. The van der Waals surface area contributed by atoms with Gasteiger partial charge in [0.1, 0.15) is 6.10 Å². The van der Waals surface area contributed by atoms with Crippen molar-refractivity contribution < 1.29 is 9.53 Å². The number of rotatable bonds is 2. The van der Waals surface area contributed by atoms with Gasteiger partial charge < -0.3 is 9.64 Å². The molecule has 1 unspecified atom stereocenters. The summed E-state index contributed by atoms with van der Waals surface area (Å²) in [5.41, 5.74) is 2.56. The van der Waals surface area contributed by atoms with Crippen LogP contribution in [0.15, 0.2) is 24.3 Å². The summed E-state index contributed by atoms with van der Waals surface area (Å²) in [7, 11) is 0. The SMILES string of the molecule is CC(C)(C)c1ccc(C2CN(C3CC3)C(=O)O2)cc1. The first-order valence-corrected chi connectivity index (χ1v) is 7.03. The Balaban J connectivity index is 1.74. The fourth-order valence-electron chi connectivity index (χ4n) is 2.54. The molecule has 2 aliphatic rings. The molecule has 1 saturated heterocycles. The van der Waals surface area contributed by atoms with E-state index >= 15 is 0 Å². The maximum Gasteiger partial charge on any atom is 0.410 e. The molecule has 0 radical (unpaired) electrons. The monoisotopic (exact) mass is 259 g/mol. The van der Waals surface area contributed by atoms with Crippen molar-refractivity contribution in [1.29, 1.82) is 0 Å². The number of carbonyl (C=O) groups is 1. The number of cyclic esters (lactones) is 1. The van der Waals surface area contributed by atoms with Crippen LogP contribution in [0.25, 0.3) is 0 Å². The van der Waals surface area contributed by atoms with Crippen LogP contribution in [0.1, 0.15) is 50.8 Å². The van der Waals surface area contributed by atoms with Crippen molar-refractivity contribution in [2.45, 2.75) is 51.2 Å². The molecular weight excluding hydrogens is 238 g/mol. The second-order valence-corrected chi connectivity index (χ2v) is 6.63. The maximum absolute atomic E-state index is 11.8. The van der Waals surface area contributed by atoms with Crippen LogP contribution in [0, 0.1) is 0 Å². The molecule has 1 heterocycles. The zero-order valence-corrected chi connectivity index (χ0v) is 11.8. The van der Waals surface area contributed by atoms with E-state index in [0.29, 0.717) is 12.6 Å². The van der Waals surface area contributed by atoms with Crippen LogP contribution in [-0.4, -0.2) is 23.6 Å². The molecule has 2 fully saturated rings. The second kappa shape index (κ2) is 4.26. The number of nitrogens with zero attached hydrogens (tertiary/aromatic N) is 1. The third kappa shape index (κ3) is 2.46. The van der Waals surface area contributed by atoms with Gasteiger partial charge in [-0.1, -0.05) is 45.0 Å². The lowest BCUT2D eigenvalue weighted by atomic mass is 9.86. The third-order valence-corrected chi connectivity index (χ3v) is 3.98. The first-order valence-electron chi connectivity index (χ1n) is 7.03. The first kappa shape index (κ1) is 12.5. The van der Waals surface area contributed by atoms with Crippen molar-refractivity contribution in [3.05, 3.63) is 35.4 Å². The Kier molecular flexibility index (Phi) is 2.80. The molecule has 1 atom stereocenters. The molecule has 1 aliphatic heterocycles. The summed E-state index contributed by atoms with van der Waals surface area (Å²) in [5, 5.41) is 0. The lowest BCUT2D eigenvalue weighted by Gasteiger charge is -2.19. The fourth-order valence-corrected chi connectivity index (χ4v) is 2.54. The second-order valence-electron chi connectivity index (χ2n) is 6.63. The van der Waals surface area contributed by atoms with Crippen molar-refractivity contribution in [2.75, 3.05) is 6.54 Å². The van der Waals surface area contributed by atoms with E-state index in [1.165, 1.54) is 5.56 Å². The van der Waals surface area contributed by atoms with Crippen molar-refractivity contribution in [2.24, 2.45) is 0 Å². The smallest absolute Gasteiger partial charge is 0.410 e. The van der Waals surface area contributed by atoms with Gasteiger partial charge in [-0.3, -0.25) is 0 Å². The van der Waals surface area contributed by atoms with Crippen molar-refractivity contribution >= 4 is 6.09 Å². The van der Waals surface area contributed by atoms with Crippen molar-refractivity contribution in [3.8, 4) is 0 Å². The highest BCUT2D eigenvalue weighted by atomic mass is 16.6. The van der Waals surface area contributed by atoms with E-state index in [2.05, 4.69) is 45.0 Å². The van der Waals surface area contributed by atoms with Gasteiger partial charge in [0.05, 0.1) is 6.54 Å². The summed E-state index contributed by atoms with van der Waals surface area (Å²) >= 11 is 0. The largest absolute Gasteiger partial charge is 0.439 e. The lowest BCUT2D eigenvalue weighted by Crippen LogP contribution is -2.26. The minimum Gasteiger partial charge on any atom is -0.439 e. The fraction of sp³-hybridized carbons (Fsp3) is 0.562. The molecule has 102 valence electrons. The van der Waals surface area contributed by atoms with Gasteiger partial charge in [0, 0.05) is 6.04 Å². The van der Waals surface area contributed by atoms with Crippen molar-refractivity contribution in [1.82, 2.24) is 4.90 Å². The van der Waals surface area contributed by atoms with E-state index in [4.69, 9.17) is 4.74 Å². The Morgan fingerprint density at radius 3 is 2.32 bits per heavy atom. The minimum atomic E-state index is -0.146. The molecule has 3 heteroatoms. The maximum atomic E-state index is 11.8. The highest BCUT2D eigenvalue weighted by Gasteiger charge is 2.41. The summed E-state index contributed by atoms with van der Waals surface area (Å²) < 4.78 is 5.47. The first-order chi connectivity index (χ1) is 8.95. The average molecular weight is 259 g/mol. The normalized spacial score (nSPS) is 23.6. The van der Waals surface area contributed by atoms with Gasteiger partial charge >= 0.3 is 6.09 Å². The Bertz CT molecular complexity index is 482. The van der Waals surface area contributed by atoms with Gasteiger partial charge in [0.2, 0.25) is 0 Å². The van der Waals surface area contributed by atoms with E-state index in [9.17, 15) is 4.79 Å². The molecule has 0 spiro atoms. The Labute approximate surface area is 114 Å². The van der Waals surface area contributed by atoms with Crippen molar-refractivity contribution in [3.63, 3.8) is 0 Å². The summed E-state index contributed by atoms with van der Waals surface area (Å²) in [6, 6.07) is 8.90. The number of amides is 1. The van der Waals surface area contributed by atoms with Gasteiger partial charge in [-0.2, -0.15) is 0 Å². The molecule has 1 aliphatic carbocycles. The Morgan fingerprint density at radius 1 is 1.16 bits per heavy atom. The van der Waals surface area contributed by atoms with Gasteiger partial charge in [-0.15, -0.1) is 0 Å². The van der Waals surface area contributed by atoms with E-state index in [0.717, 1.165) is 18.4 Å². The Hall–Kier alpha value is -1.51. The molecule has 19 heavy (non-hydrogen) atoms. The van der Waals surface area contributed by atoms with E-state index in [-0.39, 0.29) is 17.6 Å². The number of carbonyl (C=O) groups excluding carboxylic acids is 1. The molecule has 1 aromatic carbocycles. The van der Waals surface area contributed by atoms with Crippen LogP contribution in [-0.2, 0) is 10.2 Å². The molecule has 1 saturated carbocycles. The van der Waals surface area contributed by atoms with Crippen LogP contribution in [0.5, 0.6) is 0 Å². The standard InChI is InChI=1S/C16H21NO2/c1-16(2,3)12-6-4-11(5-7-12)14-10-17(13-8-9-13)15(18)19-14/h4-7,13-14H,8-10H2,1-3H3. The quantitative estimate of drug-likeness (QED) is 0.811. The number of ether oxygens (including phenoxy) is 1. The summed E-state index contributed by atoms with van der Waals surface area (Å²) in [5.74, 6) is 0. The predicted octanol–water partition coefficient (Wildman–Crippen LogP) is 3.64. The predicted molar refractivity (Wildman–Crippen MR) is 74.1 cm³/mol. The zero-order chi connectivity index (χ0) is 13.6. The average Bonchev–Trinajstić information content (AvgIpc) is 3.12. The topological polar surface area (TPSA) is 29.5 Å². The van der Waals surface area contributed by atoms with Crippen LogP contribution < -0.4 is 0 Å². The highest BCUT2D eigenvalue weighted by molar-refractivity contribution is 5.71. The summed E-state index contributed by atoms with van der Waals surface area (Å²) in [6.45, 7) is 7.31. The number of benzene rings is 1. The third-order valence-electron chi connectivity index (χ3n) is 3.98. The molecule has 0 aromatic heterocycles. The zero-order valence-electron chi connectivity index (χ0n) is 11.8. The molecular formula is C16H21NO2. The molecule has 3 rings (SSSR count). The van der Waals surface area contributed by atoms with Gasteiger partial charge in [-0.05, 0) is 29.4 Å². The lowest BCUT2D eigenvalue weighted by molar-refractivity contribution is 0.132. The minimum absolute atomic E-state index is 0.0953. The highest BCUT2D eigenvalue weighted by Crippen LogP contribution is 2.35. The van der Waals surface area contributed by atoms with Crippen LogP contribution in [0.2, 0.25) is 0 Å². The van der Waals surface area contributed by atoms with Gasteiger partial charge in [-0.25, -0.2) is 4.79 Å². The molecule has 0 bridgehead atoms. The van der Waals surface area contributed by atoms with Crippen LogP contribution >= 0.6 is 0 Å². The van der Waals surface area contributed by atoms with Crippen LogP contribution in [0.3, 0.4) is 0 Å².